The van der Waals surface area contributed by atoms with Crippen LogP contribution in [0.4, 0.5) is 18.9 Å². The molecule has 0 amide bonds. The second-order valence-electron chi connectivity index (χ2n) is 5.10. The van der Waals surface area contributed by atoms with Crippen molar-refractivity contribution in [3.05, 3.63) is 21.9 Å². The fourth-order valence-electron chi connectivity index (χ4n) is 2.08. The summed E-state index contributed by atoms with van der Waals surface area (Å²) in [5.74, 6) is -2.76. The third-order valence-electron chi connectivity index (χ3n) is 3.34. The zero-order valence-electron chi connectivity index (χ0n) is 13.4. The number of piperazine rings is 1. The van der Waals surface area contributed by atoms with Crippen molar-refractivity contribution >= 4 is 39.2 Å². The van der Waals surface area contributed by atoms with Gasteiger partial charge in [0.15, 0.2) is 0 Å². The van der Waals surface area contributed by atoms with Gasteiger partial charge in [0.1, 0.15) is 9.76 Å². The van der Waals surface area contributed by atoms with Crippen molar-refractivity contribution in [3.63, 3.8) is 0 Å². The monoisotopic (exact) mass is 447 g/mol. The average Bonchev–Trinajstić information content (AvgIpc) is 2.52. The van der Waals surface area contributed by atoms with Gasteiger partial charge in [0.2, 0.25) is 0 Å². The van der Waals surface area contributed by atoms with E-state index in [1.54, 1.807) is 7.11 Å². The van der Waals surface area contributed by atoms with E-state index in [9.17, 15) is 13.2 Å². The molecule has 0 spiro atoms. The normalized spacial score (nSPS) is 15.5. The minimum atomic E-state index is -5.08. The van der Waals surface area contributed by atoms with Gasteiger partial charge in [0.25, 0.3) is 0 Å². The Labute approximate surface area is 156 Å². The Morgan fingerprint density at radius 1 is 1.36 bits per heavy atom. The fourth-order valence-corrected chi connectivity index (χ4v) is 2.82. The molecule has 142 valence electrons. The number of methoxy groups -OCH3 is 1. The van der Waals surface area contributed by atoms with Crippen LogP contribution in [0.15, 0.2) is 16.7 Å². The molecule has 0 unspecified atom stereocenters. The third kappa shape index (κ3) is 8.21. The smallest absolute Gasteiger partial charge is 0.475 e. The number of aromatic nitrogens is 1. The molecule has 0 aromatic carbocycles. The number of rotatable bonds is 4. The second-order valence-corrected chi connectivity index (χ2v) is 6.29. The van der Waals surface area contributed by atoms with Crippen molar-refractivity contribution in [2.24, 2.45) is 0 Å². The summed E-state index contributed by atoms with van der Waals surface area (Å²) in [7, 11) is 1.74. The molecule has 0 aliphatic carbocycles. The van der Waals surface area contributed by atoms with Crippen LogP contribution in [0.1, 0.15) is 0 Å². The van der Waals surface area contributed by atoms with E-state index in [4.69, 9.17) is 26.2 Å². The van der Waals surface area contributed by atoms with Gasteiger partial charge in [-0.05, 0) is 28.1 Å². The maximum atomic E-state index is 10.6. The fraction of sp³-hybridized carbons (Fsp3) is 0.571. The molecule has 6 nitrogen and oxygen atoms in total. The number of nitrogens with zero attached hydrogens (tertiary/aromatic N) is 3. The number of halogens is 5. The first-order valence-corrected chi connectivity index (χ1v) is 8.40. The summed E-state index contributed by atoms with van der Waals surface area (Å²) in [4.78, 5) is 17.8. The van der Waals surface area contributed by atoms with Crippen LogP contribution >= 0.6 is 27.5 Å². The number of carbonyl (C=O) groups is 1. The first-order valence-electron chi connectivity index (χ1n) is 7.23. The molecule has 1 aliphatic rings. The van der Waals surface area contributed by atoms with E-state index >= 15 is 0 Å². The first-order chi connectivity index (χ1) is 11.6. The van der Waals surface area contributed by atoms with Gasteiger partial charge in [-0.25, -0.2) is 9.78 Å². The van der Waals surface area contributed by atoms with Crippen molar-refractivity contribution in [2.45, 2.75) is 6.18 Å². The van der Waals surface area contributed by atoms with E-state index in [1.165, 1.54) is 0 Å². The highest BCUT2D eigenvalue weighted by Crippen LogP contribution is 2.23. The summed E-state index contributed by atoms with van der Waals surface area (Å²) in [5, 5.41) is 7.65. The zero-order valence-corrected chi connectivity index (χ0v) is 15.7. The van der Waals surface area contributed by atoms with Crippen LogP contribution in [0, 0.1) is 0 Å². The lowest BCUT2D eigenvalue weighted by Gasteiger charge is -2.36. The first kappa shape index (κ1) is 21.9. The molecule has 0 atom stereocenters. The molecular formula is C14H18BrClF3N3O3. The molecule has 0 radical (unpaired) electrons. The van der Waals surface area contributed by atoms with Crippen molar-refractivity contribution < 1.29 is 27.8 Å². The van der Waals surface area contributed by atoms with Crippen molar-refractivity contribution in [2.75, 3.05) is 51.3 Å². The van der Waals surface area contributed by atoms with Gasteiger partial charge in [-0.15, -0.1) is 0 Å². The molecule has 2 rings (SSSR count). The van der Waals surface area contributed by atoms with E-state index in [1.807, 2.05) is 12.1 Å². The predicted molar refractivity (Wildman–Crippen MR) is 91.2 cm³/mol. The van der Waals surface area contributed by atoms with Crippen LogP contribution in [0.5, 0.6) is 0 Å². The van der Waals surface area contributed by atoms with Gasteiger partial charge in [0.05, 0.1) is 6.61 Å². The number of alkyl halides is 3. The summed E-state index contributed by atoms with van der Waals surface area (Å²) in [6, 6.07) is 3.92. The van der Waals surface area contributed by atoms with Crippen molar-refractivity contribution in [3.8, 4) is 0 Å². The molecule has 0 bridgehead atoms. The highest BCUT2D eigenvalue weighted by molar-refractivity contribution is 9.10. The summed E-state index contributed by atoms with van der Waals surface area (Å²) in [5.41, 5.74) is 1.13. The number of hydrogen-bond acceptors (Lipinski definition) is 5. The Morgan fingerprint density at radius 3 is 2.36 bits per heavy atom. The highest BCUT2D eigenvalue weighted by atomic mass is 79.9. The molecule has 25 heavy (non-hydrogen) atoms. The number of anilines is 1. The SMILES string of the molecule is COCCN1CCN(c2cc(Cl)nc(Br)c2)CC1.O=C(O)C(F)(F)F. The molecule has 0 saturated carbocycles. The lowest BCUT2D eigenvalue weighted by molar-refractivity contribution is -0.192. The van der Waals surface area contributed by atoms with E-state index in [-0.39, 0.29) is 0 Å². The molecule has 1 fully saturated rings. The van der Waals surface area contributed by atoms with Crippen LogP contribution in [0.2, 0.25) is 5.15 Å². The van der Waals surface area contributed by atoms with Crippen LogP contribution in [0.25, 0.3) is 0 Å². The minimum absolute atomic E-state index is 0.529. The molecule has 1 N–H and O–H groups in total. The second kappa shape index (κ2) is 10.1. The number of carboxylic acid groups (broad SMARTS) is 1. The summed E-state index contributed by atoms with van der Waals surface area (Å²) in [6.07, 6.45) is -5.08. The van der Waals surface area contributed by atoms with Crippen LogP contribution in [0.3, 0.4) is 0 Å². The molecule has 11 heteroatoms. The van der Waals surface area contributed by atoms with Gasteiger partial charge in [-0.2, -0.15) is 13.2 Å². The maximum absolute atomic E-state index is 10.6. The number of hydrogen-bond donors (Lipinski definition) is 1. The van der Waals surface area contributed by atoms with Crippen LogP contribution in [-0.2, 0) is 9.53 Å². The summed E-state index contributed by atoms with van der Waals surface area (Å²) < 4.78 is 37.6. The van der Waals surface area contributed by atoms with Gasteiger partial charge in [-0.3, -0.25) is 4.90 Å². The van der Waals surface area contributed by atoms with Gasteiger partial charge in [0, 0.05) is 45.5 Å². The highest BCUT2D eigenvalue weighted by Gasteiger charge is 2.38. The Hall–Kier alpha value is -1.10. The number of ether oxygens (including phenoxy) is 1. The zero-order chi connectivity index (χ0) is 19.0. The van der Waals surface area contributed by atoms with E-state index < -0.39 is 12.1 Å². The molecule has 1 aliphatic heterocycles. The third-order valence-corrected chi connectivity index (χ3v) is 3.94. The topological polar surface area (TPSA) is 65.9 Å². The molecule has 1 aromatic rings. The van der Waals surface area contributed by atoms with E-state index in [0.717, 1.165) is 49.6 Å². The van der Waals surface area contributed by atoms with Gasteiger partial charge >= 0.3 is 12.1 Å². The Kier molecular flexibility index (Phi) is 8.91. The van der Waals surface area contributed by atoms with Crippen molar-refractivity contribution in [1.82, 2.24) is 9.88 Å². The molecule has 1 aromatic heterocycles. The van der Waals surface area contributed by atoms with Crippen LogP contribution < -0.4 is 4.90 Å². The maximum Gasteiger partial charge on any atom is 0.490 e. The number of carboxylic acids is 1. The van der Waals surface area contributed by atoms with Gasteiger partial charge < -0.3 is 14.7 Å². The Bertz CT molecular complexity index is 550. The lowest BCUT2D eigenvalue weighted by Crippen LogP contribution is -2.47. The Morgan fingerprint density at radius 2 is 1.92 bits per heavy atom. The standard InChI is InChI=1S/C12H17BrClN3O.C2HF3O2/c1-18-7-6-16-2-4-17(5-3-16)10-8-11(13)15-12(14)9-10;3-2(4,5)1(6)7/h8-9H,2-7H2,1H3;(H,6,7). The number of aliphatic carboxylic acids is 1. The average molecular weight is 449 g/mol. The molecule has 2 heterocycles. The van der Waals surface area contributed by atoms with Crippen LogP contribution in [-0.4, -0.2) is 73.6 Å². The molecule has 1 saturated heterocycles. The number of pyridine rings is 1. The quantitative estimate of drug-likeness (QED) is 0.715. The van der Waals surface area contributed by atoms with Crippen molar-refractivity contribution in [1.29, 1.82) is 0 Å². The summed E-state index contributed by atoms with van der Waals surface area (Å²) in [6.45, 7) is 5.94. The van der Waals surface area contributed by atoms with Gasteiger partial charge in [-0.1, -0.05) is 11.6 Å². The van der Waals surface area contributed by atoms with E-state index in [2.05, 4.69) is 30.7 Å². The lowest BCUT2D eigenvalue weighted by atomic mass is 10.2. The summed E-state index contributed by atoms with van der Waals surface area (Å²) >= 11 is 9.35. The predicted octanol–water partition coefficient (Wildman–Crippen LogP) is 2.90. The molecular weight excluding hydrogens is 431 g/mol. The Balaban J connectivity index is 0.000000381. The largest absolute Gasteiger partial charge is 0.490 e. The van der Waals surface area contributed by atoms with E-state index in [0.29, 0.717) is 5.15 Å². The minimum Gasteiger partial charge on any atom is -0.475 e.